The second-order valence-electron chi connectivity index (χ2n) is 7.45. The van der Waals surface area contributed by atoms with E-state index in [1.54, 1.807) is 0 Å². The summed E-state index contributed by atoms with van der Waals surface area (Å²) in [6.07, 6.45) is 3.59. The van der Waals surface area contributed by atoms with Crippen molar-refractivity contribution >= 4 is 24.0 Å². The van der Waals surface area contributed by atoms with Gasteiger partial charge in [-0.15, -0.1) is 12.4 Å². The van der Waals surface area contributed by atoms with Gasteiger partial charge < -0.3 is 10.6 Å². The summed E-state index contributed by atoms with van der Waals surface area (Å²) in [7, 11) is 2.01. The highest BCUT2D eigenvalue weighted by atomic mass is 35.5. The maximum absolute atomic E-state index is 12.9. The summed E-state index contributed by atoms with van der Waals surface area (Å²) < 4.78 is 0. The number of likely N-dealkylation sites (tertiary alicyclic amines) is 1. The van der Waals surface area contributed by atoms with Crippen LogP contribution >= 0.6 is 12.4 Å². The molecule has 28 heavy (non-hydrogen) atoms. The number of carbonyl (C=O) groups is 1. The molecular formula is C23H32ClN3O. The van der Waals surface area contributed by atoms with Crippen molar-refractivity contribution in [3.05, 3.63) is 54.6 Å². The number of anilines is 1. The van der Waals surface area contributed by atoms with Crippen LogP contribution in [0.1, 0.15) is 26.2 Å². The summed E-state index contributed by atoms with van der Waals surface area (Å²) in [6, 6.07) is 18.1. The van der Waals surface area contributed by atoms with Crippen molar-refractivity contribution < 1.29 is 4.79 Å². The number of piperidine rings is 1. The highest BCUT2D eigenvalue weighted by Gasteiger charge is 2.26. The predicted octanol–water partition coefficient (Wildman–Crippen LogP) is 4.42. The van der Waals surface area contributed by atoms with Crippen molar-refractivity contribution in [2.75, 3.05) is 32.0 Å². The van der Waals surface area contributed by atoms with Crippen LogP contribution in [0.25, 0.3) is 11.1 Å². The fraction of sp³-hybridized carbons (Fsp3) is 0.435. The average molecular weight is 402 g/mol. The van der Waals surface area contributed by atoms with E-state index in [2.05, 4.69) is 33.7 Å². The first-order chi connectivity index (χ1) is 13.2. The van der Waals surface area contributed by atoms with Gasteiger partial charge in [0.25, 0.3) is 0 Å². The zero-order chi connectivity index (χ0) is 19.1. The molecule has 0 saturated carbocycles. The number of nitrogens with zero attached hydrogens (tertiary/aromatic N) is 1. The standard InChI is InChI=1S/C23H31N3O.ClH/c1-18(26-16-13-19(14-17-26)12-15-24-2)23(27)25-22-11-7-6-10-21(22)20-8-4-3-5-9-20;/h3-11,18-19,24H,12-17H2,1-2H3,(H,25,27);1H. The van der Waals surface area contributed by atoms with Crippen LogP contribution < -0.4 is 10.6 Å². The Bertz CT molecular complexity index is 730. The molecule has 1 unspecified atom stereocenters. The molecule has 152 valence electrons. The van der Waals surface area contributed by atoms with Crippen LogP contribution in [0.4, 0.5) is 5.69 Å². The second kappa shape index (κ2) is 11.2. The Morgan fingerprint density at radius 2 is 1.71 bits per heavy atom. The zero-order valence-electron chi connectivity index (χ0n) is 16.9. The normalized spacial score (nSPS) is 16.2. The van der Waals surface area contributed by atoms with E-state index in [1.807, 2.05) is 50.4 Å². The van der Waals surface area contributed by atoms with Crippen molar-refractivity contribution in [2.45, 2.75) is 32.2 Å². The number of amides is 1. The van der Waals surface area contributed by atoms with Crippen molar-refractivity contribution in [3.63, 3.8) is 0 Å². The van der Waals surface area contributed by atoms with Gasteiger partial charge in [0.15, 0.2) is 0 Å². The predicted molar refractivity (Wildman–Crippen MR) is 120 cm³/mol. The van der Waals surface area contributed by atoms with Gasteiger partial charge in [-0.2, -0.15) is 0 Å². The molecule has 1 heterocycles. The number of hydrogen-bond acceptors (Lipinski definition) is 3. The first-order valence-electron chi connectivity index (χ1n) is 10.0. The molecule has 2 N–H and O–H groups in total. The summed E-state index contributed by atoms with van der Waals surface area (Å²) in [6.45, 7) is 5.11. The molecule has 2 aromatic carbocycles. The number of para-hydroxylation sites is 1. The van der Waals surface area contributed by atoms with E-state index in [9.17, 15) is 4.79 Å². The molecule has 0 spiro atoms. The molecule has 0 radical (unpaired) electrons. The Hall–Kier alpha value is -1.88. The van der Waals surface area contributed by atoms with Gasteiger partial charge in [0.2, 0.25) is 5.91 Å². The third-order valence-corrected chi connectivity index (χ3v) is 5.65. The van der Waals surface area contributed by atoms with Crippen LogP contribution in [0, 0.1) is 5.92 Å². The summed E-state index contributed by atoms with van der Waals surface area (Å²) in [5.74, 6) is 0.856. The van der Waals surface area contributed by atoms with Crippen LogP contribution in [0.15, 0.2) is 54.6 Å². The lowest BCUT2D eigenvalue weighted by Crippen LogP contribution is -2.46. The molecule has 0 aliphatic carbocycles. The van der Waals surface area contributed by atoms with E-state index in [0.717, 1.165) is 42.4 Å². The smallest absolute Gasteiger partial charge is 0.241 e. The minimum Gasteiger partial charge on any atom is -0.324 e. The Morgan fingerprint density at radius 1 is 1.07 bits per heavy atom. The maximum atomic E-state index is 12.9. The lowest BCUT2D eigenvalue weighted by atomic mass is 9.92. The van der Waals surface area contributed by atoms with Gasteiger partial charge in [0.05, 0.1) is 6.04 Å². The van der Waals surface area contributed by atoms with Crippen molar-refractivity contribution in [1.29, 1.82) is 0 Å². The molecule has 1 amide bonds. The molecule has 1 aliphatic rings. The molecule has 3 rings (SSSR count). The quantitative estimate of drug-likeness (QED) is 0.721. The van der Waals surface area contributed by atoms with Gasteiger partial charge in [-0.1, -0.05) is 48.5 Å². The maximum Gasteiger partial charge on any atom is 0.241 e. The van der Waals surface area contributed by atoms with Gasteiger partial charge in [-0.25, -0.2) is 0 Å². The van der Waals surface area contributed by atoms with Gasteiger partial charge in [0.1, 0.15) is 0 Å². The minimum atomic E-state index is -0.112. The summed E-state index contributed by atoms with van der Waals surface area (Å²) >= 11 is 0. The third kappa shape index (κ3) is 5.81. The van der Waals surface area contributed by atoms with E-state index in [1.165, 1.54) is 19.3 Å². The van der Waals surface area contributed by atoms with E-state index in [-0.39, 0.29) is 24.4 Å². The fourth-order valence-electron chi connectivity index (χ4n) is 3.84. The van der Waals surface area contributed by atoms with Crippen LogP contribution in [0.2, 0.25) is 0 Å². The molecule has 1 fully saturated rings. The van der Waals surface area contributed by atoms with Gasteiger partial charge in [-0.05, 0) is 70.4 Å². The van der Waals surface area contributed by atoms with Gasteiger partial charge >= 0.3 is 0 Å². The fourth-order valence-corrected chi connectivity index (χ4v) is 3.84. The number of hydrogen-bond donors (Lipinski definition) is 2. The summed E-state index contributed by atoms with van der Waals surface area (Å²) in [5, 5.41) is 6.40. The van der Waals surface area contributed by atoms with Gasteiger partial charge in [0, 0.05) is 11.3 Å². The lowest BCUT2D eigenvalue weighted by molar-refractivity contribution is -0.121. The Labute approximate surface area is 175 Å². The number of rotatable bonds is 7. The SMILES string of the molecule is CNCCC1CCN(C(C)C(=O)Nc2ccccc2-c2ccccc2)CC1.Cl. The molecule has 0 bridgehead atoms. The second-order valence-corrected chi connectivity index (χ2v) is 7.45. The molecular weight excluding hydrogens is 370 g/mol. The molecule has 1 saturated heterocycles. The average Bonchev–Trinajstić information content (AvgIpc) is 2.73. The summed E-state index contributed by atoms with van der Waals surface area (Å²) in [5.41, 5.74) is 3.06. The highest BCUT2D eigenvalue weighted by molar-refractivity contribution is 5.98. The highest BCUT2D eigenvalue weighted by Crippen LogP contribution is 2.28. The van der Waals surface area contributed by atoms with Crippen molar-refractivity contribution in [1.82, 2.24) is 10.2 Å². The molecule has 1 atom stereocenters. The van der Waals surface area contributed by atoms with E-state index >= 15 is 0 Å². The van der Waals surface area contributed by atoms with E-state index in [4.69, 9.17) is 0 Å². The first-order valence-corrected chi connectivity index (χ1v) is 10.0. The number of carbonyl (C=O) groups excluding carboxylic acids is 1. The Morgan fingerprint density at radius 3 is 2.39 bits per heavy atom. The first kappa shape index (κ1) is 22.4. The molecule has 1 aliphatic heterocycles. The molecule has 5 heteroatoms. The van der Waals surface area contributed by atoms with Crippen LogP contribution in [0.3, 0.4) is 0 Å². The third-order valence-electron chi connectivity index (χ3n) is 5.65. The van der Waals surface area contributed by atoms with Crippen molar-refractivity contribution in [3.8, 4) is 11.1 Å². The lowest BCUT2D eigenvalue weighted by Gasteiger charge is -2.35. The van der Waals surface area contributed by atoms with Crippen LogP contribution in [-0.2, 0) is 4.79 Å². The molecule has 4 nitrogen and oxygen atoms in total. The topological polar surface area (TPSA) is 44.4 Å². The number of benzene rings is 2. The molecule has 2 aromatic rings. The Balaban J connectivity index is 0.00000280. The zero-order valence-corrected chi connectivity index (χ0v) is 17.7. The van der Waals surface area contributed by atoms with Gasteiger partial charge in [-0.3, -0.25) is 9.69 Å². The van der Waals surface area contributed by atoms with Crippen LogP contribution in [-0.4, -0.2) is 43.5 Å². The van der Waals surface area contributed by atoms with Crippen LogP contribution in [0.5, 0.6) is 0 Å². The van der Waals surface area contributed by atoms with Crippen molar-refractivity contribution in [2.24, 2.45) is 5.92 Å². The molecule has 0 aromatic heterocycles. The summed E-state index contributed by atoms with van der Waals surface area (Å²) in [4.78, 5) is 15.2. The van der Waals surface area contributed by atoms with E-state index in [0.29, 0.717) is 0 Å². The Kier molecular flexibility index (Phi) is 8.97. The minimum absolute atomic E-state index is 0. The number of nitrogens with one attached hydrogen (secondary N) is 2. The monoisotopic (exact) mass is 401 g/mol. The largest absolute Gasteiger partial charge is 0.324 e. The number of halogens is 1. The van der Waals surface area contributed by atoms with E-state index < -0.39 is 0 Å².